The van der Waals surface area contributed by atoms with E-state index in [1.165, 1.54) is 0 Å². The molecule has 112 valence electrons. The summed E-state index contributed by atoms with van der Waals surface area (Å²) in [7, 11) is -3.43. The highest BCUT2D eigenvalue weighted by molar-refractivity contribution is 7.99. The van der Waals surface area contributed by atoms with E-state index in [9.17, 15) is 8.42 Å². The lowest BCUT2D eigenvalue weighted by molar-refractivity contribution is 0.584. The lowest BCUT2D eigenvalue weighted by atomic mass is 10.2. The Kier molecular flexibility index (Phi) is 5.17. The van der Waals surface area contributed by atoms with Gasteiger partial charge in [0.15, 0.2) is 0 Å². The van der Waals surface area contributed by atoms with Gasteiger partial charge in [-0.05, 0) is 30.4 Å². The van der Waals surface area contributed by atoms with E-state index in [0.717, 1.165) is 36.7 Å². The van der Waals surface area contributed by atoms with Crippen LogP contribution in [0.1, 0.15) is 13.3 Å². The van der Waals surface area contributed by atoms with Gasteiger partial charge in [-0.25, -0.2) is 13.1 Å². The van der Waals surface area contributed by atoms with Crippen LogP contribution in [0, 0.1) is 0 Å². The minimum Gasteiger partial charge on any atom is -0.397 e. The molecule has 0 bridgehead atoms. The Morgan fingerprint density at radius 3 is 2.90 bits per heavy atom. The van der Waals surface area contributed by atoms with Crippen LogP contribution in [0.4, 0.5) is 11.4 Å². The zero-order valence-corrected chi connectivity index (χ0v) is 13.3. The Morgan fingerprint density at radius 2 is 2.15 bits per heavy atom. The van der Waals surface area contributed by atoms with E-state index in [4.69, 9.17) is 5.73 Å². The zero-order valence-electron chi connectivity index (χ0n) is 11.6. The molecule has 7 heteroatoms. The molecule has 0 aliphatic carbocycles. The number of thioether (sulfide) groups is 1. The molecular formula is C13H21N3O2S2. The molecule has 3 N–H and O–H groups in total. The first-order valence-electron chi connectivity index (χ1n) is 6.76. The Balaban J connectivity index is 2.33. The number of benzene rings is 1. The van der Waals surface area contributed by atoms with E-state index in [1.54, 1.807) is 25.1 Å². The Hall–Kier alpha value is -0.920. The van der Waals surface area contributed by atoms with Crippen LogP contribution in [0.5, 0.6) is 0 Å². The molecule has 1 heterocycles. The second-order valence-corrected chi connectivity index (χ2v) is 7.67. The molecule has 20 heavy (non-hydrogen) atoms. The van der Waals surface area contributed by atoms with Gasteiger partial charge < -0.3 is 10.6 Å². The van der Waals surface area contributed by atoms with Gasteiger partial charge in [-0.1, -0.05) is 6.92 Å². The molecule has 1 aliphatic rings. The van der Waals surface area contributed by atoms with Gasteiger partial charge in [-0.3, -0.25) is 0 Å². The van der Waals surface area contributed by atoms with Crippen molar-refractivity contribution in [2.45, 2.75) is 18.2 Å². The maximum absolute atomic E-state index is 12.1. The molecule has 1 aliphatic heterocycles. The van der Waals surface area contributed by atoms with Gasteiger partial charge in [0.05, 0.1) is 16.3 Å². The van der Waals surface area contributed by atoms with Crippen LogP contribution < -0.4 is 15.4 Å². The molecule has 1 aromatic rings. The van der Waals surface area contributed by atoms with Crippen molar-refractivity contribution < 1.29 is 8.42 Å². The maximum Gasteiger partial charge on any atom is 0.240 e. The van der Waals surface area contributed by atoms with E-state index in [1.807, 2.05) is 11.8 Å². The van der Waals surface area contributed by atoms with Gasteiger partial charge in [0.1, 0.15) is 0 Å². The summed E-state index contributed by atoms with van der Waals surface area (Å²) in [5.74, 6) is 2.19. The molecule has 1 saturated heterocycles. The van der Waals surface area contributed by atoms with Crippen molar-refractivity contribution >= 4 is 33.2 Å². The molecule has 2 rings (SSSR count). The van der Waals surface area contributed by atoms with Crippen LogP contribution >= 0.6 is 11.8 Å². The molecule has 0 spiro atoms. The third-order valence-corrected chi connectivity index (χ3v) is 5.80. The number of nitrogens with zero attached hydrogens (tertiary/aromatic N) is 1. The summed E-state index contributed by atoms with van der Waals surface area (Å²) in [6.07, 6.45) is 1.09. The van der Waals surface area contributed by atoms with Gasteiger partial charge in [0.2, 0.25) is 10.0 Å². The Bertz CT molecular complexity index is 553. The second-order valence-electron chi connectivity index (χ2n) is 4.67. The smallest absolute Gasteiger partial charge is 0.240 e. The second kappa shape index (κ2) is 6.69. The molecule has 0 amide bonds. The van der Waals surface area contributed by atoms with E-state index in [0.29, 0.717) is 12.2 Å². The van der Waals surface area contributed by atoms with Gasteiger partial charge in [0.25, 0.3) is 0 Å². The number of nitrogens with two attached hydrogens (primary N) is 1. The molecule has 0 atom stereocenters. The van der Waals surface area contributed by atoms with E-state index >= 15 is 0 Å². The third-order valence-electron chi connectivity index (χ3n) is 3.21. The lowest BCUT2D eigenvalue weighted by Gasteiger charge is -2.24. The fraction of sp³-hybridized carbons (Fsp3) is 0.538. The topological polar surface area (TPSA) is 75.4 Å². The fourth-order valence-corrected chi connectivity index (χ4v) is 4.17. The molecule has 0 aromatic heterocycles. The zero-order chi connectivity index (χ0) is 14.6. The van der Waals surface area contributed by atoms with Crippen molar-refractivity contribution in [3.05, 3.63) is 18.2 Å². The van der Waals surface area contributed by atoms with Gasteiger partial charge in [0, 0.05) is 25.4 Å². The summed E-state index contributed by atoms with van der Waals surface area (Å²) in [5, 5.41) is 0. The van der Waals surface area contributed by atoms with Crippen molar-refractivity contribution in [3.8, 4) is 0 Å². The van der Waals surface area contributed by atoms with Crippen molar-refractivity contribution in [2.24, 2.45) is 0 Å². The normalized spacial score (nSPS) is 16.9. The van der Waals surface area contributed by atoms with Gasteiger partial charge in [-0.15, -0.1) is 0 Å². The summed E-state index contributed by atoms with van der Waals surface area (Å²) >= 11 is 1.92. The molecule has 0 saturated carbocycles. The number of hydrogen-bond donors (Lipinski definition) is 2. The summed E-state index contributed by atoms with van der Waals surface area (Å²) in [6.45, 7) is 3.96. The molecule has 0 radical (unpaired) electrons. The number of anilines is 2. The average molecular weight is 315 g/mol. The first-order valence-corrected chi connectivity index (χ1v) is 9.40. The van der Waals surface area contributed by atoms with Crippen LogP contribution in [0.2, 0.25) is 0 Å². The van der Waals surface area contributed by atoms with Crippen LogP contribution in [0.3, 0.4) is 0 Å². The lowest BCUT2D eigenvalue weighted by Crippen LogP contribution is -2.27. The average Bonchev–Trinajstić information content (AvgIpc) is 2.67. The molecule has 1 aromatic carbocycles. The highest BCUT2D eigenvalue weighted by Gasteiger charge is 2.18. The van der Waals surface area contributed by atoms with Crippen molar-refractivity contribution in [1.82, 2.24) is 4.72 Å². The molecule has 0 unspecified atom stereocenters. The molecule has 5 nitrogen and oxygen atoms in total. The molecule has 1 fully saturated rings. The molecular weight excluding hydrogens is 294 g/mol. The van der Waals surface area contributed by atoms with E-state index in [2.05, 4.69) is 9.62 Å². The van der Waals surface area contributed by atoms with Crippen LogP contribution in [0.15, 0.2) is 23.1 Å². The highest BCUT2D eigenvalue weighted by atomic mass is 32.2. The largest absolute Gasteiger partial charge is 0.397 e. The first kappa shape index (κ1) is 15.5. The van der Waals surface area contributed by atoms with Crippen LogP contribution in [-0.4, -0.2) is 39.6 Å². The third kappa shape index (κ3) is 3.59. The van der Waals surface area contributed by atoms with E-state index < -0.39 is 10.0 Å². The predicted molar refractivity (Wildman–Crippen MR) is 85.9 cm³/mol. The summed E-state index contributed by atoms with van der Waals surface area (Å²) < 4.78 is 26.7. The van der Waals surface area contributed by atoms with Crippen molar-refractivity contribution in [1.29, 1.82) is 0 Å². The summed E-state index contributed by atoms with van der Waals surface area (Å²) in [4.78, 5) is 2.46. The number of nitrogens with one attached hydrogen (secondary N) is 1. The number of sulfonamides is 1. The van der Waals surface area contributed by atoms with Crippen LogP contribution in [-0.2, 0) is 10.0 Å². The number of nitrogen functional groups attached to an aromatic ring is 1. The highest BCUT2D eigenvalue weighted by Crippen LogP contribution is 2.28. The minimum atomic E-state index is -3.43. The van der Waals surface area contributed by atoms with Crippen molar-refractivity contribution in [2.75, 3.05) is 41.8 Å². The van der Waals surface area contributed by atoms with E-state index in [-0.39, 0.29) is 4.90 Å². The number of rotatable bonds is 4. The summed E-state index contributed by atoms with van der Waals surface area (Å²) in [6, 6.07) is 4.92. The predicted octanol–water partition coefficient (Wildman–Crippen LogP) is 1.51. The Labute approximate surface area is 125 Å². The maximum atomic E-state index is 12.1. The van der Waals surface area contributed by atoms with Gasteiger partial charge >= 0.3 is 0 Å². The van der Waals surface area contributed by atoms with Gasteiger partial charge in [-0.2, -0.15) is 11.8 Å². The monoisotopic (exact) mass is 315 g/mol. The first-order chi connectivity index (χ1) is 9.54. The quantitative estimate of drug-likeness (QED) is 0.824. The fourth-order valence-electron chi connectivity index (χ4n) is 2.22. The Morgan fingerprint density at radius 1 is 1.35 bits per heavy atom. The van der Waals surface area contributed by atoms with Crippen LogP contribution in [0.25, 0.3) is 0 Å². The number of hydrogen-bond acceptors (Lipinski definition) is 5. The van der Waals surface area contributed by atoms with Crippen molar-refractivity contribution in [3.63, 3.8) is 0 Å². The SMILES string of the molecule is CCNS(=O)(=O)c1ccc(N)c(N2CCCSCC2)c1. The standard InChI is InChI=1S/C13H21N3O2S2/c1-2-15-20(17,18)11-4-5-12(14)13(10-11)16-6-3-8-19-9-7-16/h4-5,10,15H,2-3,6-9,14H2,1H3. The summed E-state index contributed by atoms with van der Waals surface area (Å²) in [5.41, 5.74) is 7.48. The minimum absolute atomic E-state index is 0.278.